The molecule has 2 aromatic carbocycles. The van der Waals surface area contributed by atoms with Crippen molar-refractivity contribution in [2.75, 3.05) is 5.32 Å². The molecule has 0 spiro atoms. The lowest BCUT2D eigenvalue weighted by molar-refractivity contribution is 0.972. The summed E-state index contributed by atoms with van der Waals surface area (Å²) in [5.41, 5.74) is 1.83. The number of aromatic nitrogens is 3. The van der Waals surface area contributed by atoms with Crippen LogP contribution in [0.4, 0.5) is 11.6 Å². The quantitative estimate of drug-likeness (QED) is 0.765. The minimum atomic E-state index is 0.636. The van der Waals surface area contributed by atoms with E-state index in [1.54, 1.807) is 0 Å². The molecule has 0 fully saturated rings. The van der Waals surface area contributed by atoms with Crippen LogP contribution in [0, 0.1) is 6.92 Å². The highest BCUT2D eigenvalue weighted by Crippen LogP contribution is 2.22. The van der Waals surface area contributed by atoms with Gasteiger partial charge in [-0.05, 0) is 55.5 Å². The Hall–Kier alpha value is -2.04. The van der Waals surface area contributed by atoms with Crippen LogP contribution in [0.3, 0.4) is 0 Å². The van der Waals surface area contributed by atoms with Crippen molar-refractivity contribution in [1.82, 2.24) is 14.8 Å². The van der Waals surface area contributed by atoms with Gasteiger partial charge in [-0.1, -0.05) is 23.2 Å². The highest BCUT2D eigenvalue weighted by atomic mass is 35.5. The molecule has 106 valence electrons. The van der Waals surface area contributed by atoms with Gasteiger partial charge in [0.25, 0.3) is 0 Å². The van der Waals surface area contributed by atoms with Gasteiger partial charge in [-0.2, -0.15) is 0 Å². The third kappa shape index (κ3) is 3.01. The maximum absolute atomic E-state index is 5.93. The molecule has 0 atom stereocenters. The van der Waals surface area contributed by atoms with E-state index in [0.717, 1.165) is 17.2 Å². The van der Waals surface area contributed by atoms with Crippen molar-refractivity contribution >= 4 is 34.8 Å². The van der Waals surface area contributed by atoms with Crippen LogP contribution in [-0.2, 0) is 0 Å². The molecule has 21 heavy (non-hydrogen) atoms. The fourth-order valence-corrected chi connectivity index (χ4v) is 2.26. The molecular weight excluding hydrogens is 307 g/mol. The molecular formula is C15H12Cl2N4. The average molecular weight is 319 g/mol. The summed E-state index contributed by atoms with van der Waals surface area (Å²) in [5.74, 6) is 1.42. The summed E-state index contributed by atoms with van der Waals surface area (Å²) in [6, 6.07) is 14.9. The summed E-state index contributed by atoms with van der Waals surface area (Å²) in [5, 5.41) is 12.9. The topological polar surface area (TPSA) is 42.7 Å². The van der Waals surface area contributed by atoms with Gasteiger partial charge in [0.15, 0.2) is 0 Å². The number of hydrogen-bond donors (Lipinski definition) is 1. The van der Waals surface area contributed by atoms with E-state index < -0.39 is 0 Å². The van der Waals surface area contributed by atoms with Gasteiger partial charge in [-0.3, -0.25) is 4.57 Å². The first kappa shape index (κ1) is 13.9. The maximum Gasteiger partial charge on any atom is 0.233 e. The molecule has 0 radical (unpaired) electrons. The van der Waals surface area contributed by atoms with Crippen molar-refractivity contribution in [3.05, 3.63) is 64.4 Å². The summed E-state index contributed by atoms with van der Waals surface area (Å²) >= 11 is 11.8. The molecule has 0 aliphatic heterocycles. The van der Waals surface area contributed by atoms with Gasteiger partial charge in [-0.25, -0.2) is 0 Å². The van der Waals surface area contributed by atoms with E-state index in [1.165, 1.54) is 0 Å². The molecule has 0 saturated carbocycles. The zero-order chi connectivity index (χ0) is 14.8. The number of halogens is 2. The van der Waals surface area contributed by atoms with Crippen LogP contribution >= 0.6 is 23.2 Å². The van der Waals surface area contributed by atoms with Gasteiger partial charge in [0.05, 0.1) is 5.69 Å². The molecule has 3 aromatic rings. The van der Waals surface area contributed by atoms with E-state index in [1.807, 2.05) is 60.0 Å². The zero-order valence-electron chi connectivity index (χ0n) is 11.2. The number of hydrogen-bond acceptors (Lipinski definition) is 3. The zero-order valence-corrected chi connectivity index (χ0v) is 12.7. The van der Waals surface area contributed by atoms with E-state index in [-0.39, 0.29) is 0 Å². The van der Waals surface area contributed by atoms with Gasteiger partial charge < -0.3 is 5.32 Å². The highest BCUT2D eigenvalue weighted by Gasteiger charge is 2.10. The van der Waals surface area contributed by atoms with Crippen molar-refractivity contribution in [2.45, 2.75) is 6.92 Å². The van der Waals surface area contributed by atoms with E-state index in [2.05, 4.69) is 15.5 Å². The van der Waals surface area contributed by atoms with Gasteiger partial charge in [0.2, 0.25) is 5.95 Å². The Morgan fingerprint density at radius 1 is 0.857 bits per heavy atom. The standard InChI is InChI=1S/C15H12Cl2N4/c1-10-19-20-15(18-13-6-2-11(16)3-7-13)21(10)14-8-4-12(17)5-9-14/h2-9H,1H3,(H,18,20). The second-order valence-electron chi connectivity index (χ2n) is 4.51. The van der Waals surface area contributed by atoms with Gasteiger partial charge in [0, 0.05) is 15.7 Å². The number of nitrogens with one attached hydrogen (secondary N) is 1. The van der Waals surface area contributed by atoms with Gasteiger partial charge >= 0.3 is 0 Å². The average Bonchev–Trinajstić information content (AvgIpc) is 2.83. The number of aryl methyl sites for hydroxylation is 1. The first-order valence-electron chi connectivity index (χ1n) is 6.34. The van der Waals surface area contributed by atoms with Crippen molar-refractivity contribution in [2.24, 2.45) is 0 Å². The normalized spacial score (nSPS) is 10.6. The summed E-state index contributed by atoms with van der Waals surface area (Å²) in [6.45, 7) is 1.90. The maximum atomic E-state index is 5.93. The number of benzene rings is 2. The Balaban J connectivity index is 1.97. The molecule has 1 heterocycles. The third-order valence-electron chi connectivity index (χ3n) is 3.01. The van der Waals surface area contributed by atoms with E-state index >= 15 is 0 Å². The van der Waals surface area contributed by atoms with Crippen molar-refractivity contribution < 1.29 is 0 Å². The van der Waals surface area contributed by atoms with Gasteiger partial charge in [-0.15, -0.1) is 10.2 Å². The number of nitrogens with zero attached hydrogens (tertiary/aromatic N) is 3. The van der Waals surface area contributed by atoms with E-state index in [0.29, 0.717) is 16.0 Å². The van der Waals surface area contributed by atoms with Crippen molar-refractivity contribution in [3.8, 4) is 5.69 Å². The Kier molecular flexibility index (Phi) is 3.82. The Morgan fingerprint density at radius 3 is 2.05 bits per heavy atom. The molecule has 0 bridgehead atoms. The second kappa shape index (κ2) is 5.76. The molecule has 0 saturated heterocycles. The van der Waals surface area contributed by atoms with E-state index in [4.69, 9.17) is 23.2 Å². The molecule has 1 aromatic heterocycles. The molecule has 3 rings (SSSR count). The summed E-state index contributed by atoms with van der Waals surface area (Å²) in [7, 11) is 0. The third-order valence-corrected chi connectivity index (χ3v) is 3.51. The van der Waals surface area contributed by atoms with Crippen LogP contribution in [0.5, 0.6) is 0 Å². The highest BCUT2D eigenvalue weighted by molar-refractivity contribution is 6.30. The fourth-order valence-electron chi connectivity index (χ4n) is 2.00. The number of rotatable bonds is 3. The summed E-state index contributed by atoms with van der Waals surface area (Å²) in [4.78, 5) is 0. The Labute approximate surface area is 132 Å². The predicted molar refractivity (Wildman–Crippen MR) is 85.8 cm³/mol. The lowest BCUT2D eigenvalue weighted by atomic mass is 10.3. The van der Waals surface area contributed by atoms with Crippen LogP contribution in [0.15, 0.2) is 48.5 Å². The van der Waals surface area contributed by atoms with Crippen LogP contribution in [0.2, 0.25) is 10.0 Å². The molecule has 0 unspecified atom stereocenters. The van der Waals surface area contributed by atoms with Crippen LogP contribution in [0.25, 0.3) is 5.69 Å². The largest absolute Gasteiger partial charge is 0.324 e. The smallest absolute Gasteiger partial charge is 0.233 e. The number of anilines is 2. The lowest BCUT2D eigenvalue weighted by Crippen LogP contribution is -2.03. The summed E-state index contributed by atoms with van der Waals surface area (Å²) < 4.78 is 1.92. The monoisotopic (exact) mass is 318 g/mol. The molecule has 0 amide bonds. The predicted octanol–water partition coefficient (Wildman–Crippen LogP) is 4.63. The van der Waals surface area contributed by atoms with Crippen molar-refractivity contribution in [1.29, 1.82) is 0 Å². The van der Waals surface area contributed by atoms with Gasteiger partial charge in [0.1, 0.15) is 5.82 Å². The molecule has 4 nitrogen and oxygen atoms in total. The lowest BCUT2D eigenvalue weighted by Gasteiger charge is -2.10. The molecule has 0 aliphatic carbocycles. The summed E-state index contributed by atoms with van der Waals surface area (Å²) in [6.07, 6.45) is 0. The van der Waals surface area contributed by atoms with Crippen LogP contribution in [0.1, 0.15) is 5.82 Å². The molecule has 1 N–H and O–H groups in total. The van der Waals surface area contributed by atoms with Crippen LogP contribution < -0.4 is 5.32 Å². The minimum absolute atomic E-state index is 0.636. The SMILES string of the molecule is Cc1nnc(Nc2ccc(Cl)cc2)n1-c1ccc(Cl)cc1. The Morgan fingerprint density at radius 2 is 1.43 bits per heavy atom. The Bertz CT molecular complexity index is 748. The molecule has 6 heteroatoms. The second-order valence-corrected chi connectivity index (χ2v) is 5.39. The minimum Gasteiger partial charge on any atom is -0.324 e. The first-order valence-corrected chi connectivity index (χ1v) is 7.09. The van der Waals surface area contributed by atoms with Crippen molar-refractivity contribution in [3.63, 3.8) is 0 Å². The van der Waals surface area contributed by atoms with Crippen LogP contribution in [-0.4, -0.2) is 14.8 Å². The first-order chi connectivity index (χ1) is 10.1. The fraction of sp³-hybridized carbons (Fsp3) is 0.0667. The van der Waals surface area contributed by atoms with E-state index in [9.17, 15) is 0 Å². The molecule has 0 aliphatic rings.